The molecule has 4 nitrogen and oxygen atoms in total. The van der Waals surface area contributed by atoms with Crippen LogP contribution in [0.4, 0.5) is 0 Å². The van der Waals surface area contributed by atoms with Gasteiger partial charge in [-0.1, -0.05) is 0 Å². The fourth-order valence-corrected chi connectivity index (χ4v) is 0. The van der Waals surface area contributed by atoms with Crippen LogP contribution in [0.25, 0.3) is 0 Å². The first-order valence-electron chi connectivity index (χ1n) is 0.783. The Hall–Kier alpha value is 1.33. The molecule has 0 fully saturated rings. The van der Waals surface area contributed by atoms with Gasteiger partial charge in [-0.2, -0.15) is 0 Å². The summed E-state index contributed by atoms with van der Waals surface area (Å²) in [6.07, 6.45) is 0. The first-order chi connectivity index (χ1) is 2.00. The zero-order valence-corrected chi connectivity index (χ0v) is 6.09. The first kappa shape index (κ1) is 15.8. The SMILES string of the molecule is O=P(O)(O)O.[H-].[Na+].[SiH4]. The molecule has 0 atom stereocenters. The summed E-state index contributed by atoms with van der Waals surface area (Å²) >= 11 is 0. The number of hydrogen-bond donors (Lipinski definition) is 3. The Balaban J connectivity index is -0.0000000267. The van der Waals surface area contributed by atoms with Crippen molar-refractivity contribution in [3.63, 3.8) is 0 Å². The van der Waals surface area contributed by atoms with Gasteiger partial charge in [0.1, 0.15) is 0 Å². The topological polar surface area (TPSA) is 77.8 Å². The van der Waals surface area contributed by atoms with Crippen molar-refractivity contribution >= 4 is 18.8 Å². The van der Waals surface area contributed by atoms with Crippen LogP contribution >= 0.6 is 7.82 Å². The molecule has 0 aliphatic heterocycles. The van der Waals surface area contributed by atoms with Crippen LogP contribution in [-0.4, -0.2) is 25.6 Å². The Bertz CT molecular complexity index is 62.2. The largest absolute Gasteiger partial charge is 1.00 e. The van der Waals surface area contributed by atoms with Gasteiger partial charge in [0.2, 0.25) is 0 Å². The van der Waals surface area contributed by atoms with Gasteiger partial charge >= 0.3 is 37.4 Å². The summed E-state index contributed by atoms with van der Waals surface area (Å²) < 4.78 is 8.88. The molecule has 0 spiro atoms. The van der Waals surface area contributed by atoms with Gasteiger partial charge in [0, 0.05) is 0 Å². The maximum atomic E-state index is 8.88. The molecule has 0 aromatic carbocycles. The van der Waals surface area contributed by atoms with Gasteiger partial charge in [-0.3, -0.25) is 0 Å². The average Bonchev–Trinajstić information content (AvgIpc) is 0.722. The van der Waals surface area contributed by atoms with Crippen LogP contribution < -0.4 is 29.6 Å². The zero-order valence-electron chi connectivity index (χ0n) is 4.20. The van der Waals surface area contributed by atoms with E-state index in [1.165, 1.54) is 0 Å². The monoisotopic (exact) mass is 154 g/mol. The van der Waals surface area contributed by atoms with Crippen LogP contribution in [0.5, 0.6) is 0 Å². The van der Waals surface area contributed by atoms with Crippen LogP contribution in [0.1, 0.15) is 1.43 Å². The van der Waals surface area contributed by atoms with Crippen molar-refractivity contribution in [2.24, 2.45) is 0 Å². The smallest absolute Gasteiger partial charge is 1.00 e. The average molecular weight is 154 g/mol. The molecule has 0 rings (SSSR count). The van der Waals surface area contributed by atoms with Crippen molar-refractivity contribution in [3.05, 3.63) is 0 Å². The minimum atomic E-state index is -4.64. The molecule has 0 radical (unpaired) electrons. The van der Waals surface area contributed by atoms with Gasteiger partial charge in [0.15, 0.2) is 0 Å². The van der Waals surface area contributed by atoms with E-state index in [4.69, 9.17) is 19.2 Å². The first-order valence-corrected chi connectivity index (χ1v) is 2.35. The van der Waals surface area contributed by atoms with E-state index in [0.29, 0.717) is 0 Å². The summed E-state index contributed by atoms with van der Waals surface area (Å²) in [6, 6.07) is 0. The molecule has 7 heteroatoms. The Morgan fingerprint density at radius 2 is 1.29 bits per heavy atom. The van der Waals surface area contributed by atoms with Crippen molar-refractivity contribution in [1.29, 1.82) is 0 Å². The van der Waals surface area contributed by atoms with Crippen molar-refractivity contribution in [3.8, 4) is 0 Å². The van der Waals surface area contributed by atoms with Crippen LogP contribution in [-0.2, 0) is 4.57 Å². The molecular weight excluding hydrogens is 146 g/mol. The van der Waals surface area contributed by atoms with E-state index in [2.05, 4.69) is 0 Å². The third-order valence-electron chi connectivity index (χ3n) is 0. The molecular formula is H8NaO4PSi. The molecule has 0 heterocycles. The van der Waals surface area contributed by atoms with Crippen LogP contribution in [0.3, 0.4) is 0 Å². The molecule has 0 bridgehead atoms. The van der Waals surface area contributed by atoms with Gasteiger partial charge < -0.3 is 16.1 Å². The maximum Gasteiger partial charge on any atom is 1.00 e. The minimum Gasteiger partial charge on any atom is -1.00 e. The van der Waals surface area contributed by atoms with Gasteiger partial charge in [-0.15, -0.1) is 0 Å². The molecule has 0 saturated carbocycles. The van der Waals surface area contributed by atoms with Gasteiger partial charge in [-0.25, -0.2) is 4.57 Å². The maximum absolute atomic E-state index is 8.88. The summed E-state index contributed by atoms with van der Waals surface area (Å²) in [5, 5.41) is 0. The zero-order chi connectivity index (χ0) is 4.50. The summed E-state index contributed by atoms with van der Waals surface area (Å²) in [5.74, 6) is 0. The fraction of sp³-hybridized carbons (Fsp3) is 0. The number of phosphoric acid groups is 1. The summed E-state index contributed by atoms with van der Waals surface area (Å²) in [6.45, 7) is 0. The van der Waals surface area contributed by atoms with Gasteiger partial charge in [0.05, 0.1) is 0 Å². The molecule has 0 aliphatic carbocycles. The van der Waals surface area contributed by atoms with Crippen molar-refractivity contribution < 1.29 is 50.2 Å². The molecule has 0 saturated heterocycles. The molecule has 3 N–H and O–H groups in total. The second kappa shape index (κ2) is 5.46. The van der Waals surface area contributed by atoms with Crippen LogP contribution in [0.2, 0.25) is 0 Å². The standard InChI is InChI=1S/Na.H3O4P.H4Si.H/c;1-5(2,3)4;;/h;(H3,1,2,3,4);1H4;/q+1;;;-1. The third kappa shape index (κ3) is 118. The van der Waals surface area contributed by atoms with E-state index in [-0.39, 0.29) is 41.9 Å². The molecule has 7 heavy (non-hydrogen) atoms. The number of rotatable bonds is 0. The summed E-state index contributed by atoms with van der Waals surface area (Å²) in [4.78, 5) is 21.6. The summed E-state index contributed by atoms with van der Waals surface area (Å²) in [7, 11) is -4.64. The van der Waals surface area contributed by atoms with E-state index >= 15 is 0 Å². The molecule has 0 aliphatic rings. The van der Waals surface area contributed by atoms with Gasteiger partial charge in [0.25, 0.3) is 0 Å². The van der Waals surface area contributed by atoms with E-state index in [1.807, 2.05) is 0 Å². The minimum absolute atomic E-state index is 0. The van der Waals surface area contributed by atoms with E-state index in [0.717, 1.165) is 0 Å². The van der Waals surface area contributed by atoms with Crippen LogP contribution in [0, 0.1) is 0 Å². The molecule has 0 amide bonds. The Kier molecular flexibility index (Phi) is 12.3. The van der Waals surface area contributed by atoms with E-state index < -0.39 is 7.82 Å². The molecule has 0 aromatic rings. The van der Waals surface area contributed by atoms with Crippen molar-refractivity contribution in [1.82, 2.24) is 0 Å². The predicted octanol–water partition coefficient (Wildman–Crippen LogP) is -5.26. The normalized spacial score (nSPS) is 8.43. The van der Waals surface area contributed by atoms with Gasteiger partial charge in [-0.05, 0) is 11.0 Å². The van der Waals surface area contributed by atoms with E-state index in [1.54, 1.807) is 0 Å². The van der Waals surface area contributed by atoms with Crippen molar-refractivity contribution in [2.75, 3.05) is 0 Å². The van der Waals surface area contributed by atoms with E-state index in [9.17, 15) is 0 Å². The van der Waals surface area contributed by atoms with Crippen LogP contribution in [0.15, 0.2) is 0 Å². The third-order valence-corrected chi connectivity index (χ3v) is 0. The summed E-state index contributed by atoms with van der Waals surface area (Å²) in [5.41, 5.74) is 0. The molecule has 42 valence electrons. The molecule has 0 aromatic heterocycles. The Morgan fingerprint density at radius 3 is 1.29 bits per heavy atom. The second-order valence-corrected chi connectivity index (χ2v) is 1.54. The predicted molar refractivity (Wildman–Crippen MR) is 26.7 cm³/mol. The Labute approximate surface area is 69.0 Å². The fourth-order valence-electron chi connectivity index (χ4n) is 0. The second-order valence-electron chi connectivity index (χ2n) is 0.513. The Morgan fingerprint density at radius 1 is 1.29 bits per heavy atom. The molecule has 0 unspecified atom stereocenters. The number of hydrogen-bond acceptors (Lipinski definition) is 1. The van der Waals surface area contributed by atoms with Crippen molar-refractivity contribution in [2.45, 2.75) is 0 Å². The quantitative estimate of drug-likeness (QED) is 0.240.